The first-order valence-electron chi connectivity index (χ1n) is 8.90. The van der Waals surface area contributed by atoms with Crippen molar-refractivity contribution in [1.82, 2.24) is 4.90 Å². The molecule has 3 aliphatic heterocycles. The van der Waals surface area contributed by atoms with Crippen LogP contribution in [0.1, 0.15) is 26.3 Å². The minimum absolute atomic E-state index is 0.0988. The first-order valence-corrected chi connectivity index (χ1v) is 9.71. The second-order valence-corrected chi connectivity index (χ2v) is 7.92. The molecule has 1 amide bonds. The van der Waals surface area contributed by atoms with Gasteiger partial charge in [0.1, 0.15) is 11.9 Å². The second-order valence-electron chi connectivity index (χ2n) is 6.91. The molecule has 0 aromatic heterocycles. The molecule has 3 unspecified atom stereocenters. The highest BCUT2D eigenvalue weighted by Crippen LogP contribution is 2.35. The van der Waals surface area contributed by atoms with E-state index in [0.29, 0.717) is 4.91 Å². The standard InChI is InChI=1S/C20H22N2O3S/c1-12-10-22(11-13(2)24-12)20-21-19(23)18(26-20)9-16-8-15-6-4-5-7-17(15)25-14(16)3/h4-9,12-14H,10-11H2,1-3H3/b18-9+. The van der Waals surface area contributed by atoms with Crippen LogP contribution < -0.4 is 4.74 Å². The number of amides is 1. The largest absolute Gasteiger partial charge is 0.485 e. The zero-order valence-corrected chi connectivity index (χ0v) is 16.0. The molecule has 0 N–H and O–H groups in total. The Balaban J connectivity index is 1.55. The first kappa shape index (κ1) is 17.4. The minimum Gasteiger partial charge on any atom is -0.485 e. The van der Waals surface area contributed by atoms with E-state index in [-0.39, 0.29) is 24.2 Å². The minimum atomic E-state index is -0.177. The fourth-order valence-corrected chi connectivity index (χ4v) is 4.37. The lowest BCUT2D eigenvalue weighted by Gasteiger charge is -2.35. The maximum Gasteiger partial charge on any atom is 0.286 e. The van der Waals surface area contributed by atoms with Crippen LogP contribution in [0, 0.1) is 0 Å². The molecule has 0 aliphatic carbocycles. The lowest BCUT2D eigenvalue weighted by Crippen LogP contribution is -2.47. The fraction of sp³-hybridized carbons (Fsp3) is 0.400. The number of thioether (sulfide) groups is 1. The number of hydrogen-bond acceptors (Lipinski definition) is 5. The Bertz CT molecular complexity index is 820. The molecular formula is C20H22N2O3S. The summed E-state index contributed by atoms with van der Waals surface area (Å²) in [4.78, 5) is 19.5. The maximum atomic E-state index is 12.4. The van der Waals surface area contributed by atoms with E-state index in [4.69, 9.17) is 9.47 Å². The summed E-state index contributed by atoms with van der Waals surface area (Å²) in [7, 11) is 0. The number of carbonyl (C=O) groups excluding carboxylic acids is 1. The molecular weight excluding hydrogens is 348 g/mol. The number of ether oxygens (including phenoxy) is 2. The van der Waals surface area contributed by atoms with Crippen molar-refractivity contribution in [3.05, 3.63) is 46.4 Å². The number of nitrogens with zero attached hydrogens (tertiary/aromatic N) is 2. The van der Waals surface area contributed by atoms with E-state index < -0.39 is 0 Å². The smallest absolute Gasteiger partial charge is 0.286 e. The zero-order valence-electron chi connectivity index (χ0n) is 15.1. The summed E-state index contributed by atoms with van der Waals surface area (Å²) < 4.78 is 11.7. The van der Waals surface area contributed by atoms with Crippen molar-refractivity contribution in [2.75, 3.05) is 13.1 Å². The molecule has 3 heterocycles. The van der Waals surface area contributed by atoms with Gasteiger partial charge in [-0.3, -0.25) is 4.79 Å². The van der Waals surface area contributed by atoms with Gasteiger partial charge >= 0.3 is 0 Å². The highest BCUT2D eigenvalue weighted by Gasteiger charge is 2.31. The number of aliphatic imine (C=N–C) groups is 1. The van der Waals surface area contributed by atoms with Crippen LogP contribution in [0.3, 0.4) is 0 Å². The van der Waals surface area contributed by atoms with Crippen LogP contribution in [0.4, 0.5) is 0 Å². The first-order chi connectivity index (χ1) is 12.5. The summed E-state index contributed by atoms with van der Waals surface area (Å²) in [5.41, 5.74) is 2.02. The van der Waals surface area contributed by atoms with Gasteiger partial charge in [-0.1, -0.05) is 18.2 Å². The van der Waals surface area contributed by atoms with Crippen LogP contribution in [0.5, 0.6) is 5.75 Å². The highest BCUT2D eigenvalue weighted by molar-refractivity contribution is 8.18. The average molecular weight is 370 g/mol. The van der Waals surface area contributed by atoms with Gasteiger partial charge < -0.3 is 14.4 Å². The average Bonchev–Trinajstić information content (AvgIpc) is 2.95. The van der Waals surface area contributed by atoms with Crippen LogP contribution >= 0.6 is 11.8 Å². The SMILES string of the molecule is CC1CN(C2=NC(=O)/C(=C\C3=Cc4ccccc4OC3C)S2)CC(C)O1. The molecule has 0 spiro atoms. The summed E-state index contributed by atoms with van der Waals surface area (Å²) in [6, 6.07) is 7.92. The van der Waals surface area contributed by atoms with Crippen molar-refractivity contribution >= 4 is 28.9 Å². The molecule has 26 heavy (non-hydrogen) atoms. The van der Waals surface area contributed by atoms with Crippen molar-refractivity contribution in [2.24, 2.45) is 4.99 Å². The van der Waals surface area contributed by atoms with Crippen molar-refractivity contribution < 1.29 is 14.3 Å². The quantitative estimate of drug-likeness (QED) is 0.709. The summed E-state index contributed by atoms with van der Waals surface area (Å²) in [6.07, 6.45) is 4.17. The fourth-order valence-electron chi connectivity index (χ4n) is 3.44. The van der Waals surface area contributed by atoms with Crippen LogP contribution in [-0.4, -0.2) is 47.4 Å². The van der Waals surface area contributed by atoms with Gasteiger partial charge in [0.15, 0.2) is 5.17 Å². The van der Waals surface area contributed by atoms with E-state index in [0.717, 1.165) is 35.1 Å². The van der Waals surface area contributed by atoms with Crippen molar-refractivity contribution in [3.63, 3.8) is 0 Å². The van der Waals surface area contributed by atoms with Crippen molar-refractivity contribution in [2.45, 2.75) is 39.1 Å². The Kier molecular flexibility index (Phi) is 4.63. The van der Waals surface area contributed by atoms with Gasteiger partial charge in [0.25, 0.3) is 5.91 Å². The monoisotopic (exact) mass is 370 g/mol. The third-order valence-corrected chi connectivity index (χ3v) is 5.66. The number of amidine groups is 1. The number of morpholine rings is 1. The molecule has 1 aromatic carbocycles. The van der Waals surface area contributed by atoms with Gasteiger partial charge in [0, 0.05) is 18.7 Å². The van der Waals surface area contributed by atoms with Crippen LogP contribution in [0.25, 0.3) is 6.08 Å². The van der Waals surface area contributed by atoms with E-state index >= 15 is 0 Å². The Labute approximate surface area is 157 Å². The van der Waals surface area contributed by atoms with E-state index in [1.165, 1.54) is 11.8 Å². The van der Waals surface area contributed by atoms with Crippen molar-refractivity contribution in [1.29, 1.82) is 0 Å². The summed E-state index contributed by atoms with van der Waals surface area (Å²) in [5.74, 6) is 0.699. The van der Waals surface area contributed by atoms with Gasteiger partial charge in [-0.2, -0.15) is 4.99 Å². The molecule has 4 rings (SSSR count). The number of para-hydroxylation sites is 1. The molecule has 3 aliphatic rings. The summed E-state index contributed by atoms with van der Waals surface area (Å²) >= 11 is 1.44. The number of fused-ring (bicyclic) bond motifs is 1. The lowest BCUT2D eigenvalue weighted by atomic mass is 10.0. The molecule has 1 aromatic rings. The summed E-state index contributed by atoms with van der Waals surface area (Å²) in [6.45, 7) is 7.60. The van der Waals surface area contributed by atoms with Crippen LogP contribution in [-0.2, 0) is 9.53 Å². The van der Waals surface area contributed by atoms with Gasteiger partial charge in [0.05, 0.1) is 17.1 Å². The Morgan fingerprint density at radius 2 is 1.92 bits per heavy atom. The molecule has 1 fully saturated rings. The molecule has 0 bridgehead atoms. The number of rotatable bonds is 1. The molecule has 6 heteroatoms. The Morgan fingerprint density at radius 3 is 2.69 bits per heavy atom. The highest BCUT2D eigenvalue weighted by atomic mass is 32.2. The van der Waals surface area contributed by atoms with E-state index in [9.17, 15) is 4.79 Å². The summed E-state index contributed by atoms with van der Waals surface area (Å²) in [5, 5.41) is 0.772. The van der Waals surface area contributed by atoms with Crippen LogP contribution in [0.2, 0.25) is 0 Å². The molecule has 136 valence electrons. The molecule has 0 saturated carbocycles. The lowest BCUT2D eigenvalue weighted by molar-refractivity contribution is -0.113. The molecule has 0 radical (unpaired) electrons. The Hall–Kier alpha value is -2.05. The van der Waals surface area contributed by atoms with Crippen LogP contribution in [0.15, 0.2) is 45.8 Å². The molecule has 5 nitrogen and oxygen atoms in total. The number of carbonyl (C=O) groups is 1. The van der Waals surface area contributed by atoms with Crippen molar-refractivity contribution in [3.8, 4) is 5.75 Å². The second kappa shape index (κ2) is 6.93. The zero-order chi connectivity index (χ0) is 18.3. The third kappa shape index (κ3) is 3.44. The van der Waals surface area contributed by atoms with Gasteiger partial charge in [-0.15, -0.1) is 0 Å². The predicted octanol–water partition coefficient (Wildman–Crippen LogP) is 3.47. The maximum absolute atomic E-state index is 12.4. The van der Waals surface area contributed by atoms with E-state index in [1.807, 2.05) is 51.1 Å². The van der Waals surface area contributed by atoms with Gasteiger partial charge in [0.2, 0.25) is 0 Å². The topological polar surface area (TPSA) is 51.1 Å². The van der Waals surface area contributed by atoms with E-state index in [1.54, 1.807) is 0 Å². The normalized spacial score (nSPS) is 30.0. The number of hydrogen-bond donors (Lipinski definition) is 0. The van der Waals surface area contributed by atoms with Gasteiger partial charge in [-0.25, -0.2) is 0 Å². The predicted molar refractivity (Wildman–Crippen MR) is 104 cm³/mol. The molecule has 3 atom stereocenters. The Morgan fingerprint density at radius 1 is 1.19 bits per heavy atom. The molecule has 1 saturated heterocycles. The van der Waals surface area contributed by atoms with E-state index in [2.05, 4.69) is 16.0 Å². The third-order valence-electron chi connectivity index (χ3n) is 4.61. The van der Waals surface area contributed by atoms with Gasteiger partial charge in [-0.05, 0) is 56.3 Å². The number of benzene rings is 1.